The standard InChI is InChI=1S/C16H32N2O2/c1-8-9-11(13(17)19)12(10-15(2,3)4)14(20)18-16(5,6)7/h11-12H,8-10H2,1-7H3,(H2,17,19)(H,18,20). The molecule has 2 unspecified atom stereocenters. The highest BCUT2D eigenvalue weighted by Crippen LogP contribution is 2.31. The van der Waals surface area contributed by atoms with Gasteiger partial charge in [0, 0.05) is 17.4 Å². The fourth-order valence-electron chi connectivity index (χ4n) is 2.39. The molecule has 118 valence electrons. The first-order valence-electron chi connectivity index (χ1n) is 7.48. The van der Waals surface area contributed by atoms with Crippen molar-refractivity contribution in [3.63, 3.8) is 0 Å². The zero-order valence-corrected chi connectivity index (χ0v) is 14.2. The Bertz CT molecular complexity index is 337. The van der Waals surface area contributed by atoms with Gasteiger partial charge >= 0.3 is 0 Å². The van der Waals surface area contributed by atoms with Gasteiger partial charge in [-0.25, -0.2) is 0 Å². The topological polar surface area (TPSA) is 72.2 Å². The fourth-order valence-corrected chi connectivity index (χ4v) is 2.39. The van der Waals surface area contributed by atoms with Crippen molar-refractivity contribution in [1.82, 2.24) is 5.32 Å². The number of rotatable bonds is 6. The highest BCUT2D eigenvalue weighted by molar-refractivity contribution is 5.87. The maximum Gasteiger partial charge on any atom is 0.224 e. The number of nitrogens with two attached hydrogens (primary N) is 1. The van der Waals surface area contributed by atoms with Gasteiger partial charge in [-0.2, -0.15) is 0 Å². The molecule has 20 heavy (non-hydrogen) atoms. The summed E-state index contributed by atoms with van der Waals surface area (Å²) >= 11 is 0. The molecule has 0 aromatic carbocycles. The van der Waals surface area contributed by atoms with Gasteiger partial charge in [0.25, 0.3) is 0 Å². The molecule has 0 spiro atoms. The summed E-state index contributed by atoms with van der Waals surface area (Å²) in [5, 5.41) is 2.99. The Kier molecular flexibility index (Phi) is 6.72. The zero-order valence-electron chi connectivity index (χ0n) is 14.2. The van der Waals surface area contributed by atoms with Gasteiger partial charge in [0.1, 0.15) is 0 Å². The first-order valence-corrected chi connectivity index (χ1v) is 7.48. The maximum atomic E-state index is 12.5. The van der Waals surface area contributed by atoms with Crippen molar-refractivity contribution in [3.05, 3.63) is 0 Å². The average Bonchev–Trinajstić information content (AvgIpc) is 2.18. The van der Waals surface area contributed by atoms with Crippen molar-refractivity contribution < 1.29 is 9.59 Å². The van der Waals surface area contributed by atoms with Gasteiger partial charge in [0.05, 0.1) is 0 Å². The number of carbonyl (C=O) groups is 2. The largest absolute Gasteiger partial charge is 0.369 e. The zero-order chi connectivity index (χ0) is 16.1. The van der Waals surface area contributed by atoms with E-state index in [1.807, 2.05) is 27.7 Å². The molecular weight excluding hydrogens is 252 g/mol. The summed E-state index contributed by atoms with van der Waals surface area (Å²) < 4.78 is 0. The molecule has 0 aromatic heterocycles. The van der Waals surface area contributed by atoms with Crippen LogP contribution in [0.5, 0.6) is 0 Å². The minimum atomic E-state index is -0.387. The Morgan fingerprint density at radius 2 is 1.55 bits per heavy atom. The van der Waals surface area contributed by atoms with Crippen LogP contribution in [0, 0.1) is 17.3 Å². The first-order chi connectivity index (χ1) is 8.87. The number of carbonyl (C=O) groups excluding carboxylic acids is 2. The van der Waals surface area contributed by atoms with Crippen LogP contribution in [-0.4, -0.2) is 17.4 Å². The summed E-state index contributed by atoms with van der Waals surface area (Å²) in [7, 11) is 0. The van der Waals surface area contributed by atoms with Crippen molar-refractivity contribution >= 4 is 11.8 Å². The predicted octanol–water partition coefficient (Wildman–Crippen LogP) is 2.86. The summed E-state index contributed by atoms with van der Waals surface area (Å²) in [6.45, 7) is 14.1. The first kappa shape index (κ1) is 18.9. The highest BCUT2D eigenvalue weighted by Gasteiger charge is 2.35. The van der Waals surface area contributed by atoms with Gasteiger partial charge in [0.2, 0.25) is 11.8 Å². The lowest BCUT2D eigenvalue weighted by molar-refractivity contribution is -0.135. The van der Waals surface area contributed by atoms with Gasteiger partial charge in [-0.15, -0.1) is 0 Å². The molecule has 4 heteroatoms. The van der Waals surface area contributed by atoms with Crippen LogP contribution < -0.4 is 11.1 Å². The molecule has 4 nitrogen and oxygen atoms in total. The monoisotopic (exact) mass is 284 g/mol. The van der Waals surface area contributed by atoms with E-state index in [-0.39, 0.29) is 34.6 Å². The van der Waals surface area contributed by atoms with E-state index in [1.54, 1.807) is 0 Å². The van der Waals surface area contributed by atoms with Crippen LogP contribution in [0.15, 0.2) is 0 Å². The van der Waals surface area contributed by atoms with Crippen LogP contribution in [0.1, 0.15) is 67.7 Å². The Balaban J connectivity index is 5.24. The average molecular weight is 284 g/mol. The van der Waals surface area contributed by atoms with Gasteiger partial charge in [-0.1, -0.05) is 34.1 Å². The molecule has 0 radical (unpaired) electrons. The molecule has 0 heterocycles. The van der Waals surface area contributed by atoms with Gasteiger partial charge in [-0.3, -0.25) is 9.59 Å². The molecule has 2 amide bonds. The Hall–Kier alpha value is -1.06. The van der Waals surface area contributed by atoms with E-state index in [4.69, 9.17) is 5.73 Å². The van der Waals surface area contributed by atoms with Crippen LogP contribution in [0.25, 0.3) is 0 Å². The van der Waals surface area contributed by atoms with Crippen LogP contribution >= 0.6 is 0 Å². The Labute approximate surface area is 123 Å². The molecule has 0 aliphatic carbocycles. The third-order valence-electron chi connectivity index (χ3n) is 3.12. The van der Waals surface area contributed by atoms with Crippen LogP contribution in [-0.2, 0) is 9.59 Å². The quantitative estimate of drug-likeness (QED) is 0.787. The fraction of sp³-hybridized carbons (Fsp3) is 0.875. The van der Waals surface area contributed by atoms with E-state index in [0.29, 0.717) is 12.8 Å². The molecule has 0 rings (SSSR count). The number of primary amides is 1. The van der Waals surface area contributed by atoms with Crippen molar-refractivity contribution in [1.29, 1.82) is 0 Å². The third-order valence-corrected chi connectivity index (χ3v) is 3.12. The molecule has 0 aromatic rings. The van der Waals surface area contributed by atoms with Gasteiger partial charge in [0.15, 0.2) is 0 Å². The summed E-state index contributed by atoms with van der Waals surface area (Å²) in [6, 6.07) is 0. The molecule has 3 N–H and O–H groups in total. The normalized spacial score (nSPS) is 15.6. The van der Waals surface area contributed by atoms with E-state index < -0.39 is 0 Å². The molecule has 0 aliphatic heterocycles. The minimum absolute atomic E-state index is 0.0265. The highest BCUT2D eigenvalue weighted by atomic mass is 16.2. The molecule has 0 saturated carbocycles. The second kappa shape index (κ2) is 7.09. The molecule has 2 atom stereocenters. The lowest BCUT2D eigenvalue weighted by atomic mass is 9.76. The summed E-state index contributed by atoms with van der Waals surface area (Å²) in [6.07, 6.45) is 2.16. The number of hydrogen-bond acceptors (Lipinski definition) is 2. The summed E-state index contributed by atoms with van der Waals surface area (Å²) in [5.74, 6) is -1.18. The maximum absolute atomic E-state index is 12.5. The second-order valence-electron chi connectivity index (χ2n) is 7.91. The molecular formula is C16H32N2O2. The van der Waals surface area contributed by atoms with Gasteiger partial charge in [-0.05, 0) is 39.0 Å². The number of hydrogen-bond donors (Lipinski definition) is 2. The lowest BCUT2D eigenvalue weighted by Crippen LogP contribution is -2.48. The van der Waals surface area contributed by atoms with E-state index in [9.17, 15) is 9.59 Å². The SMILES string of the molecule is CCCC(C(N)=O)C(CC(C)(C)C)C(=O)NC(C)(C)C. The molecule has 0 saturated heterocycles. The number of amides is 2. The minimum Gasteiger partial charge on any atom is -0.369 e. The molecule has 0 aliphatic rings. The van der Waals surface area contributed by atoms with Crippen LogP contribution in [0.2, 0.25) is 0 Å². The van der Waals surface area contributed by atoms with Crippen molar-refractivity contribution in [2.75, 3.05) is 0 Å². The van der Waals surface area contributed by atoms with Crippen molar-refractivity contribution in [2.24, 2.45) is 23.0 Å². The summed E-state index contributed by atoms with van der Waals surface area (Å²) in [5.41, 5.74) is 5.19. The van der Waals surface area contributed by atoms with Crippen molar-refractivity contribution in [2.45, 2.75) is 73.3 Å². The molecule has 0 fully saturated rings. The van der Waals surface area contributed by atoms with Crippen LogP contribution in [0.3, 0.4) is 0 Å². The van der Waals surface area contributed by atoms with E-state index in [0.717, 1.165) is 6.42 Å². The lowest BCUT2D eigenvalue weighted by Gasteiger charge is -2.32. The predicted molar refractivity (Wildman–Crippen MR) is 83.1 cm³/mol. The smallest absolute Gasteiger partial charge is 0.224 e. The third kappa shape index (κ3) is 7.51. The van der Waals surface area contributed by atoms with E-state index in [1.165, 1.54) is 0 Å². The van der Waals surface area contributed by atoms with Crippen LogP contribution in [0.4, 0.5) is 0 Å². The Morgan fingerprint density at radius 1 is 1.05 bits per heavy atom. The summed E-state index contributed by atoms with van der Waals surface area (Å²) in [4.78, 5) is 24.3. The van der Waals surface area contributed by atoms with E-state index >= 15 is 0 Å². The molecule has 0 bridgehead atoms. The number of nitrogens with one attached hydrogen (secondary N) is 1. The van der Waals surface area contributed by atoms with Crippen molar-refractivity contribution in [3.8, 4) is 0 Å². The van der Waals surface area contributed by atoms with E-state index in [2.05, 4.69) is 26.1 Å². The second-order valence-corrected chi connectivity index (χ2v) is 7.91. The van der Waals surface area contributed by atoms with Gasteiger partial charge < -0.3 is 11.1 Å². The Morgan fingerprint density at radius 3 is 1.85 bits per heavy atom.